The molecule has 1 aliphatic rings. The van der Waals surface area contributed by atoms with Gasteiger partial charge in [-0.15, -0.1) is 0 Å². The van der Waals surface area contributed by atoms with Gasteiger partial charge in [0.05, 0.1) is 0 Å². The van der Waals surface area contributed by atoms with E-state index in [-0.39, 0.29) is 5.91 Å². The first-order valence-corrected chi connectivity index (χ1v) is 12.2. The molecule has 0 unspecified atom stereocenters. The van der Waals surface area contributed by atoms with Crippen molar-refractivity contribution in [2.24, 2.45) is 10.9 Å². The molecule has 1 N–H and O–H groups in total. The van der Waals surface area contributed by atoms with Crippen LogP contribution in [0, 0.1) is 12.8 Å². The first-order valence-electron chi connectivity index (χ1n) is 12.2. The summed E-state index contributed by atoms with van der Waals surface area (Å²) >= 11 is 0. The molecule has 1 aromatic carbocycles. The van der Waals surface area contributed by atoms with E-state index in [9.17, 15) is 9.50 Å². The van der Waals surface area contributed by atoms with Crippen molar-refractivity contribution in [2.45, 2.75) is 66.0 Å². The average molecular weight is 470 g/mol. The van der Waals surface area contributed by atoms with E-state index in [0.29, 0.717) is 25.5 Å². The minimum absolute atomic E-state index is 0.246. The number of piperidine rings is 1. The van der Waals surface area contributed by atoms with Gasteiger partial charge in [0.2, 0.25) is 0 Å². The Balaban J connectivity index is 0.000000352. The summed E-state index contributed by atoms with van der Waals surface area (Å²) in [6.07, 6.45) is 6.52. The van der Waals surface area contributed by atoms with Crippen LogP contribution in [0.3, 0.4) is 0 Å². The van der Waals surface area contributed by atoms with Crippen LogP contribution in [0.5, 0.6) is 0 Å². The van der Waals surface area contributed by atoms with Crippen molar-refractivity contribution >= 4 is 24.9 Å². The summed E-state index contributed by atoms with van der Waals surface area (Å²) in [6, 6.07) is 9.07. The van der Waals surface area contributed by atoms with Crippen molar-refractivity contribution in [2.75, 3.05) is 38.7 Å². The number of hydrogen-bond donors (Lipinski definition) is 1. The van der Waals surface area contributed by atoms with Crippen molar-refractivity contribution in [1.82, 2.24) is 10.4 Å². The van der Waals surface area contributed by atoms with Crippen LogP contribution >= 0.6 is 0 Å². The normalized spacial score (nSPS) is 14.7. The van der Waals surface area contributed by atoms with Gasteiger partial charge in [-0.2, -0.15) is 0 Å². The number of hydrogen-bond acceptors (Lipinski definition) is 6. The number of amides is 1. The van der Waals surface area contributed by atoms with E-state index < -0.39 is 6.04 Å². The monoisotopic (exact) mass is 470 g/mol. The van der Waals surface area contributed by atoms with Gasteiger partial charge in [0.15, 0.2) is 0 Å². The van der Waals surface area contributed by atoms with E-state index in [1.807, 2.05) is 13.8 Å². The molecular formula is C26H43BN4O3. The molecule has 1 atom stereocenters. The van der Waals surface area contributed by atoms with Gasteiger partial charge in [0, 0.05) is 18.3 Å². The molecule has 2 rings (SSSR count). The third-order valence-electron chi connectivity index (χ3n) is 5.70. The van der Waals surface area contributed by atoms with E-state index in [0.717, 1.165) is 30.8 Å². The number of anilines is 1. The molecule has 1 saturated heterocycles. The van der Waals surface area contributed by atoms with E-state index in [1.54, 1.807) is 0 Å². The summed E-state index contributed by atoms with van der Waals surface area (Å²) in [5.74, 6) is 0.0808. The van der Waals surface area contributed by atoms with E-state index in [2.05, 4.69) is 66.3 Å². The summed E-state index contributed by atoms with van der Waals surface area (Å²) in [5.41, 5.74) is 4.08. The Hall–Kier alpha value is -2.32. The zero-order valence-electron chi connectivity index (χ0n) is 22.1. The van der Waals surface area contributed by atoms with Gasteiger partial charge in [-0.3, -0.25) is 0 Å². The fraction of sp³-hybridized carbons (Fsp3) is 0.615. The average Bonchev–Trinajstić information content (AvgIpc) is 2.82. The van der Waals surface area contributed by atoms with Gasteiger partial charge >= 0.3 is 89.9 Å². The van der Waals surface area contributed by atoms with Gasteiger partial charge in [0.25, 0.3) is 0 Å². The number of nitrogens with one attached hydrogen (secondary N) is 1. The predicted octanol–water partition coefficient (Wildman–Crippen LogP) is 4.02. The second kappa shape index (κ2) is 16.3. The molecule has 0 radical (unpaired) electrons. The quantitative estimate of drug-likeness (QED) is 0.242. The minimum atomic E-state index is -0.542. The van der Waals surface area contributed by atoms with Crippen molar-refractivity contribution in [3.8, 4) is 0 Å². The molecule has 188 valence electrons. The number of benzene rings is 1. The molecule has 34 heavy (non-hydrogen) atoms. The number of aryl methyl sites for hydroxylation is 1. The fourth-order valence-corrected chi connectivity index (χ4v) is 3.71. The first-order chi connectivity index (χ1) is 16.2. The Kier molecular flexibility index (Phi) is 14.3. The first kappa shape index (κ1) is 29.7. The Labute approximate surface area is 206 Å². The maximum absolute atomic E-state index is 11.7. The topological polar surface area (TPSA) is 74.2 Å². The zero-order chi connectivity index (χ0) is 25.5. The Bertz CT molecular complexity index is 786. The number of likely N-dealkylation sites (N-methyl/N-ethyl adjacent to an activating group) is 1. The summed E-state index contributed by atoms with van der Waals surface area (Å²) in [6.45, 7) is 13.8. The van der Waals surface area contributed by atoms with E-state index >= 15 is 0 Å². The van der Waals surface area contributed by atoms with Gasteiger partial charge in [-0.25, -0.2) is 0 Å². The summed E-state index contributed by atoms with van der Waals surface area (Å²) in [4.78, 5) is 22.9. The molecule has 7 nitrogen and oxygen atoms in total. The van der Waals surface area contributed by atoms with Crippen LogP contribution in [0.25, 0.3) is 0 Å². The molecule has 1 heterocycles. The van der Waals surface area contributed by atoms with E-state index in [1.165, 1.54) is 43.8 Å². The molecule has 0 saturated carbocycles. The second-order valence-corrected chi connectivity index (χ2v) is 9.35. The number of allylic oxidation sites excluding steroid dienone is 1. The number of aliphatic imine (C=N–C) groups is 1. The van der Waals surface area contributed by atoms with Crippen LogP contribution in [0.2, 0.25) is 0 Å². The Morgan fingerprint density at radius 1 is 1.24 bits per heavy atom. The standard InChI is InChI=1S/C17H26N2.C9H17BN2O3/c1-14(2)10-13-19(17-8-11-18-12-9-17)16-6-4-15(3)5-7-16;1-7(2)5-8(11-6-10-14)9(13)12(3)15-4/h4-7,10,17-18H,8-9,11-13H2,1-3H3;6-8H,5H2,1-4H3/t;8-/m.0/s1. The van der Waals surface area contributed by atoms with Gasteiger partial charge in [0.1, 0.15) is 0 Å². The van der Waals surface area contributed by atoms with Gasteiger partial charge < -0.3 is 10.2 Å². The molecule has 1 amide bonds. The van der Waals surface area contributed by atoms with Crippen molar-refractivity contribution < 1.29 is 14.3 Å². The van der Waals surface area contributed by atoms with Crippen molar-refractivity contribution in [3.63, 3.8) is 0 Å². The van der Waals surface area contributed by atoms with Crippen molar-refractivity contribution in [1.29, 1.82) is 0 Å². The molecule has 0 aliphatic carbocycles. The van der Waals surface area contributed by atoms with Crippen LogP contribution in [0.15, 0.2) is 40.9 Å². The number of hydroxylamine groups is 2. The second-order valence-electron chi connectivity index (χ2n) is 9.35. The van der Waals surface area contributed by atoms with Crippen molar-refractivity contribution in [3.05, 3.63) is 41.5 Å². The SMILES string of the molecule is CC(C)=CCN(c1ccc(C)cc1)C1CCNCC1.CON(C)C(=O)[C@H](CC(C)C)N=CB=O. The summed E-state index contributed by atoms with van der Waals surface area (Å²) in [7, 11) is 3.49. The van der Waals surface area contributed by atoms with Crippen LogP contribution in [-0.2, 0) is 14.3 Å². The molecule has 8 heteroatoms. The van der Waals surface area contributed by atoms with E-state index in [4.69, 9.17) is 4.84 Å². The van der Waals surface area contributed by atoms with Gasteiger partial charge in [-0.05, 0) is 58.8 Å². The Morgan fingerprint density at radius 2 is 1.85 bits per heavy atom. The zero-order valence-corrected chi connectivity index (χ0v) is 22.1. The third kappa shape index (κ3) is 11.2. The summed E-state index contributed by atoms with van der Waals surface area (Å²) < 4.78 is 10.2. The van der Waals surface area contributed by atoms with Crippen LogP contribution in [-0.4, -0.2) is 70.1 Å². The number of nitrogens with zero attached hydrogens (tertiary/aromatic N) is 3. The molecular weight excluding hydrogens is 427 g/mol. The number of rotatable bonds is 10. The maximum atomic E-state index is 11.7. The third-order valence-corrected chi connectivity index (χ3v) is 5.70. The van der Waals surface area contributed by atoms with Gasteiger partial charge in [-0.1, -0.05) is 29.3 Å². The molecule has 1 aliphatic heterocycles. The molecule has 0 aromatic heterocycles. The summed E-state index contributed by atoms with van der Waals surface area (Å²) in [5, 5.41) is 4.57. The molecule has 1 fully saturated rings. The van der Waals surface area contributed by atoms with Crippen LogP contribution in [0.4, 0.5) is 5.69 Å². The molecule has 0 spiro atoms. The number of carbonyl (C=O) groups excluding carboxylic acids is 1. The number of carbonyl (C=O) groups is 1. The predicted molar refractivity (Wildman–Crippen MR) is 142 cm³/mol. The molecule has 1 aromatic rings. The molecule has 0 bridgehead atoms. The Morgan fingerprint density at radius 3 is 2.35 bits per heavy atom. The van der Waals surface area contributed by atoms with Crippen LogP contribution in [0.1, 0.15) is 52.5 Å². The van der Waals surface area contributed by atoms with Crippen LogP contribution < -0.4 is 10.2 Å². The fourth-order valence-electron chi connectivity index (χ4n) is 3.71.